The molecular formula is C22H25N3O2S. The quantitative estimate of drug-likeness (QED) is 0.722. The lowest BCUT2D eigenvalue weighted by atomic mass is 9.86. The van der Waals surface area contributed by atoms with Crippen molar-refractivity contribution in [3.63, 3.8) is 0 Å². The maximum absolute atomic E-state index is 13.2. The van der Waals surface area contributed by atoms with Crippen LogP contribution in [-0.2, 0) is 11.3 Å². The van der Waals surface area contributed by atoms with Crippen LogP contribution >= 0.6 is 11.3 Å². The Hall–Kier alpha value is -2.47. The average Bonchev–Trinajstić information content (AvgIpc) is 3.03. The van der Waals surface area contributed by atoms with Crippen LogP contribution in [0.15, 0.2) is 41.5 Å². The maximum atomic E-state index is 13.2. The van der Waals surface area contributed by atoms with Gasteiger partial charge in [0, 0.05) is 16.5 Å². The maximum Gasteiger partial charge on any atom is 0.263 e. The molecule has 1 fully saturated rings. The van der Waals surface area contributed by atoms with E-state index in [0.717, 1.165) is 40.1 Å². The summed E-state index contributed by atoms with van der Waals surface area (Å²) in [7, 11) is 0. The van der Waals surface area contributed by atoms with E-state index in [1.54, 1.807) is 0 Å². The van der Waals surface area contributed by atoms with Crippen molar-refractivity contribution >= 4 is 27.5 Å². The zero-order valence-corrected chi connectivity index (χ0v) is 17.1. The molecule has 0 aliphatic heterocycles. The van der Waals surface area contributed by atoms with E-state index in [9.17, 15) is 9.59 Å². The predicted molar refractivity (Wildman–Crippen MR) is 114 cm³/mol. The van der Waals surface area contributed by atoms with E-state index >= 15 is 0 Å². The molecule has 2 unspecified atom stereocenters. The van der Waals surface area contributed by atoms with Gasteiger partial charge in [0.05, 0.1) is 11.7 Å². The number of nitrogens with zero attached hydrogens (tertiary/aromatic N) is 2. The third kappa shape index (κ3) is 3.61. The largest absolute Gasteiger partial charge is 0.352 e. The van der Waals surface area contributed by atoms with Crippen LogP contribution in [0, 0.1) is 12.8 Å². The van der Waals surface area contributed by atoms with Gasteiger partial charge in [0.1, 0.15) is 11.4 Å². The second kappa shape index (κ2) is 7.87. The SMILES string of the molecule is Cc1sc2ncn(CC(=O)NC3CCCCC3C)c(=O)c2c1-c1ccccc1. The van der Waals surface area contributed by atoms with Gasteiger partial charge < -0.3 is 5.32 Å². The van der Waals surface area contributed by atoms with Crippen LogP contribution in [0.4, 0.5) is 0 Å². The number of carbonyl (C=O) groups is 1. The van der Waals surface area contributed by atoms with Crippen molar-refractivity contribution < 1.29 is 4.79 Å². The van der Waals surface area contributed by atoms with E-state index in [1.807, 2.05) is 37.3 Å². The highest BCUT2D eigenvalue weighted by Crippen LogP contribution is 2.35. The molecule has 1 N–H and O–H groups in total. The van der Waals surface area contributed by atoms with Gasteiger partial charge in [0.25, 0.3) is 5.56 Å². The Morgan fingerprint density at radius 3 is 2.75 bits per heavy atom. The molecular weight excluding hydrogens is 370 g/mol. The molecule has 1 amide bonds. The molecule has 4 rings (SSSR count). The van der Waals surface area contributed by atoms with Crippen LogP contribution in [0.2, 0.25) is 0 Å². The molecule has 2 atom stereocenters. The molecule has 2 heterocycles. The van der Waals surface area contributed by atoms with Gasteiger partial charge in [-0.2, -0.15) is 0 Å². The zero-order valence-electron chi connectivity index (χ0n) is 16.3. The average molecular weight is 396 g/mol. The number of rotatable bonds is 4. The third-order valence-corrected chi connectivity index (χ3v) is 6.70. The molecule has 28 heavy (non-hydrogen) atoms. The summed E-state index contributed by atoms with van der Waals surface area (Å²) in [6, 6.07) is 10.1. The number of nitrogens with one attached hydrogen (secondary N) is 1. The lowest BCUT2D eigenvalue weighted by Crippen LogP contribution is -2.43. The second-order valence-corrected chi connectivity index (χ2v) is 8.90. The highest BCUT2D eigenvalue weighted by molar-refractivity contribution is 7.19. The molecule has 2 aromatic heterocycles. The summed E-state index contributed by atoms with van der Waals surface area (Å²) >= 11 is 1.52. The molecule has 0 radical (unpaired) electrons. The van der Waals surface area contributed by atoms with E-state index in [1.165, 1.54) is 28.7 Å². The Morgan fingerprint density at radius 2 is 2.00 bits per heavy atom. The number of carbonyl (C=O) groups excluding carboxylic acids is 1. The van der Waals surface area contributed by atoms with Gasteiger partial charge in [-0.3, -0.25) is 14.2 Å². The Balaban J connectivity index is 1.64. The van der Waals surface area contributed by atoms with Crippen LogP contribution in [-0.4, -0.2) is 21.5 Å². The number of hydrogen-bond donors (Lipinski definition) is 1. The van der Waals surface area contributed by atoms with Gasteiger partial charge in [0.2, 0.25) is 5.91 Å². The Bertz CT molecular complexity index is 1050. The lowest BCUT2D eigenvalue weighted by Gasteiger charge is -2.29. The van der Waals surface area contributed by atoms with Gasteiger partial charge >= 0.3 is 0 Å². The van der Waals surface area contributed by atoms with Crippen LogP contribution in [0.25, 0.3) is 21.3 Å². The first kappa shape index (κ1) is 18.9. The minimum Gasteiger partial charge on any atom is -0.352 e. The number of aryl methyl sites for hydroxylation is 1. The summed E-state index contributed by atoms with van der Waals surface area (Å²) in [5.74, 6) is 0.370. The molecule has 5 nitrogen and oxygen atoms in total. The summed E-state index contributed by atoms with van der Waals surface area (Å²) < 4.78 is 1.43. The molecule has 1 aromatic carbocycles. The minimum absolute atomic E-state index is 0.00805. The standard InChI is InChI=1S/C22H25N3O2S/c1-14-8-6-7-11-17(14)24-18(26)12-25-13-23-21-20(22(25)27)19(15(2)28-21)16-9-4-3-5-10-16/h3-5,9-10,13-14,17H,6-8,11-12H2,1-2H3,(H,24,26). The van der Waals surface area contributed by atoms with Crippen LogP contribution in [0.1, 0.15) is 37.5 Å². The van der Waals surface area contributed by atoms with Crippen molar-refractivity contribution in [3.05, 3.63) is 51.9 Å². The smallest absolute Gasteiger partial charge is 0.263 e. The number of fused-ring (bicyclic) bond motifs is 1. The van der Waals surface area contributed by atoms with E-state index in [-0.39, 0.29) is 24.1 Å². The van der Waals surface area contributed by atoms with Gasteiger partial charge in [-0.25, -0.2) is 4.98 Å². The molecule has 0 spiro atoms. The monoisotopic (exact) mass is 395 g/mol. The number of thiophene rings is 1. The summed E-state index contributed by atoms with van der Waals surface area (Å²) in [6.45, 7) is 4.20. The van der Waals surface area contributed by atoms with Crippen molar-refractivity contribution in [2.24, 2.45) is 5.92 Å². The molecule has 3 aromatic rings. The molecule has 146 valence electrons. The van der Waals surface area contributed by atoms with Crippen molar-refractivity contribution in [2.75, 3.05) is 0 Å². The van der Waals surface area contributed by atoms with Crippen LogP contribution < -0.4 is 10.9 Å². The number of benzene rings is 1. The number of hydrogen-bond acceptors (Lipinski definition) is 4. The molecule has 1 aliphatic rings. The summed E-state index contributed by atoms with van der Waals surface area (Å²) in [4.78, 5) is 32.0. The third-order valence-electron chi connectivity index (χ3n) is 5.69. The van der Waals surface area contributed by atoms with Crippen molar-refractivity contribution in [2.45, 2.75) is 52.1 Å². The first-order valence-electron chi connectivity index (χ1n) is 9.88. The minimum atomic E-state index is -0.153. The normalized spacial score (nSPS) is 19.6. The topological polar surface area (TPSA) is 64.0 Å². The second-order valence-electron chi connectivity index (χ2n) is 7.69. The first-order chi connectivity index (χ1) is 13.5. The van der Waals surface area contributed by atoms with Crippen molar-refractivity contribution in [1.29, 1.82) is 0 Å². The molecule has 0 bridgehead atoms. The highest BCUT2D eigenvalue weighted by atomic mass is 32.1. The van der Waals surface area contributed by atoms with Gasteiger partial charge in [-0.05, 0) is 31.2 Å². The molecule has 1 saturated carbocycles. The lowest BCUT2D eigenvalue weighted by molar-refractivity contribution is -0.123. The van der Waals surface area contributed by atoms with Crippen LogP contribution in [0.3, 0.4) is 0 Å². The van der Waals surface area contributed by atoms with E-state index < -0.39 is 0 Å². The Labute approximate surface area is 168 Å². The van der Waals surface area contributed by atoms with Gasteiger partial charge in [-0.15, -0.1) is 11.3 Å². The fraction of sp³-hybridized carbons (Fsp3) is 0.409. The molecule has 6 heteroatoms. The van der Waals surface area contributed by atoms with Crippen molar-refractivity contribution in [3.8, 4) is 11.1 Å². The number of amides is 1. The fourth-order valence-corrected chi connectivity index (χ4v) is 5.14. The Kier molecular flexibility index (Phi) is 5.31. The fourth-order valence-electron chi connectivity index (χ4n) is 4.14. The summed E-state index contributed by atoms with van der Waals surface area (Å²) in [5.41, 5.74) is 1.78. The van der Waals surface area contributed by atoms with Crippen molar-refractivity contribution in [1.82, 2.24) is 14.9 Å². The first-order valence-corrected chi connectivity index (χ1v) is 10.7. The number of aromatic nitrogens is 2. The summed E-state index contributed by atoms with van der Waals surface area (Å²) in [6.07, 6.45) is 6.04. The summed E-state index contributed by atoms with van der Waals surface area (Å²) in [5, 5.41) is 3.73. The van der Waals surface area contributed by atoms with E-state index in [2.05, 4.69) is 17.2 Å². The van der Waals surface area contributed by atoms with E-state index in [0.29, 0.717) is 11.3 Å². The van der Waals surface area contributed by atoms with Gasteiger partial charge in [0.15, 0.2) is 0 Å². The van der Waals surface area contributed by atoms with Crippen LogP contribution in [0.5, 0.6) is 0 Å². The predicted octanol–water partition coefficient (Wildman–Crippen LogP) is 4.13. The Morgan fingerprint density at radius 1 is 1.25 bits per heavy atom. The van der Waals surface area contributed by atoms with Gasteiger partial charge in [-0.1, -0.05) is 50.1 Å². The molecule has 0 saturated heterocycles. The van der Waals surface area contributed by atoms with E-state index in [4.69, 9.17) is 0 Å². The highest BCUT2D eigenvalue weighted by Gasteiger charge is 2.23. The zero-order chi connectivity index (χ0) is 19.7. The molecule has 1 aliphatic carbocycles.